The van der Waals surface area contributed by atoms with Crippen LogP contribution in [-0.2, 0) is 6.54 Å². The Morgan fingerprint density at radius 2 is 2.08 bits per heavy atom. The first-order valence-corrected chi connectivity index (χ1v) is 8.28. The van der Waals surface area contributed by atoms with Crippen LogP contribution < -0.4 is 14.8 Å². The van der Waals surface area contributed by atoms with Gasteiger partial charge in [0, 0.05) is 22.5 Å². The zero-order valence-corrected chi connectivity index (χ0v) is 14.9. The molecule has 0 bridgehead atoms. The third-order valence-electron chi connectivity index (χ3n) is 3.82. The topological polar surface area (TPSA) is 63.3 Å². The molecule has 132 valence electrons. The van der Waals surface area contributed by atoms with Crippen LogP contribution in [0.3, 0.4) is 0 Å². The molecule has 0 aliphatic heterocycles. The molecule has 1 aromatic heterocycles. The van der Waals surface area contributed by atoms with E-state index in [1.165, 1.54) is 0 Å². The zero-order valence-electron chi connectivity index (χ0n) is 14.1. The van der Waals surface area contributed by atoms with E-state index in [4.69, 9.17) is 27.5 Å². The van der Waals surface area contributed by atoms with Crippen LogP contribution in [0.5, 0.6) is 11.5 Å². The molecule has 0 atom stereocenters. The summed E-state index contributed by atoms with van der Waals surface area (Å²) in [6, 6.07) is 12.6. The van der Waals surface area contributed by atoms with Crippen LogP contribution in [0.25, 0.3) is 10.9 Å². The van der Waals surface area contributed by atoms with Crippen molar-refractivity contribution in [2.75, 3.05) is 13.7 Å². The number of aromatic nitrogens is 1. The minimum atomic E-state index is -0.209. The minimum Gasteiger partial charge on any atom is -0.493 e. The molecular weight excluding hydrogens is 352 g/mol. The first kappa shape index (κ1) is 17.7. The molecule has 2 N–H and O–H groups in total. The van der Waals surface area contributed by atoms with Gasteiger partial charge in [-0.3, -0.25) is 4.79 Å². The lowest BCUT2D eigenvalue weighted by molar-refractivity contribution is 0.0946. The van der Waals surface area contributed by atoms with Crippen molar-refractivity contribution in [1.29, 1.82) is 0 Å². The van der Waals surface area contributed by atoms with Gasteiger partial charge >= 0.3 is 0 Å². The van der Waals surface area contributed by atoms with Crippen molar-refractivity contribution >= 4 is 28.4 Å². The average molecular weight is 369 g/mol. The molecule has 0 saturated carbocycles. The number of rotatable bonds is 6. The van der Waals surface area contributed by atoms with E-state index < -0.39 is 0 Å². The summed E-state index contributed by atoms with van der Waals surface area (Å²) >= 11 is 5.97. The van der Waals surface area contributed by atoms with Gasteiger partial charge in [-0.1, -0.05) is 29.7 Å². The van der Waals surface area contributed by atoms with Gasteiger partial charge in [0.05, 0.1) is 7.11 Å². The maximum atomic E-state index is 12.4. The van der Waals surface area contributed by atoms with Crippen LogP contribution >= 0.6 is 11.6 Å². The van der Waals surface area contributed by atoms with Gasteiger partial charge in [-0.25, -0.2) is 0 Å². The van der Waals surface area contributed by atoms with Gasteiger partial charge in [0.25, 0.3) is 5.91 Å². The number of H-pyrrole nitrogens is 1. The molecule has 0 aliphatic rings. The lowest BCUT2D eigenvalue weighted by atomic mass is 10.2. The lowest BCUT2D eigenvalue weighted by Gasteiger charge is -2.11. The second kappa shape index (κ2) is 7.85. The monoisotopic (exact) mass is 368 g/mol. The summed E-state index contributed by atoms with van der Waals surface area (Å²) in [5.74, 6) is 3.33. The molecule has 0 fully saturated rings. The van der Waals surface area contributed by atoms with Crippen LogP contribution in [0.15, 0.2) is 42.5 Å². The minimum absolute atomic E-state index is 0.143. The normalized spacial score (nSPS) is 10.3. The van der Waals surface area contributed by atoms with Crippen molar-refractivity contribution in [2.24, 2.45) is 0 Å². The summed E-state index contributed by atoms with van der Waals surface area (Å²) in [4.78, 5) is 15.5. The number of carbonyl (C=O) groups excluding carboxylic acids is 1. The summed E-state index contributed by atoms with van der Waals surface area (Å²) in [6.45, 7) is 0.481. The molecule has 2 aromatic carbocycles. The SMILES string of the molecule is C#CCOc1cc(CNC(=O)c2cc3ccc(Cl)cc3[nH]2)ccc1OC. The summed E-state index contributed by atoms with van der Waals surface area (Å²) < 4.78 is 10.7. The van der Waals surface area contributed by atoms with Crippen LogP contribution in [0.2, 0.25) is 5.02 Å². The second-order valence-electron chi connectivity index (χ2n) is 5.58. The van der Waals surface area contributed by atoms with Crippen molar-refractivity contribution < 1.29 is 14.3 Å². The molecule has 26 heavy (non-hydrogen) atoms. The van der Waals surface area contributed by atoms with E-state index in [1.54, 1.807) is 37.4 Å². The first-order valence-electron chi connectivity index (χ1n) is 7.90. The largest absolute Gasteiger partial charge is 0.493 e. The van der Waals surface area contributed by atoms with E-state index in [9.17, 15) is 4.79 Å². The number of terminal acetylenes is 1. The molecule has 0 saturated heterocycles. The van der Waals surface area contributed by atoms with E-state index in [2.05, 4.69) is 16.2 Å². The maximum Gasteiger partial charge on any atom is 0.267 e. The van der Waals surface area contributed by atoms with Crippen molar-refractivity contribution in [3.63, 3.8) is 0 Å². The molecule has 0 spiro atoms. The number of nitrogens with one attached hydrogen (secondary N) is 2. The Bertz CT molecular complexity index is 988. The van der Waals surface area contributed by atoms with Gasteiger partial charge in [0.1, 0.15) is 12.3 Å². The molecule has 0 radical (unpaired) electrons. The van der Waals surface area contributed by atoms with Gasteiger partial charge in [-0.05, 0) is 35.9 Å². The van der Waals surface area contributed by atoms with Gasteiger partial charge in [-0.2, -0.15) is 0 Å². The number of hydrogen-bond donors (Lipinski definition) is 2. The predicted molar refractivity (Wildman–Crippen MR) is 102 cm³/mol. The van der Waals surface area contributed by atoms with E-state index in [0.29, 0.717) is 28.8 Å². The Morgan fingerprint density at radius 3 is 2.85 bits per heavy atom. The summed E-state index contributed by atoms with van der Waals surface area (Å²) in [5, 5.41) is 4.41. The molecular formula is C20H17ClN2O3. The number of benzene rings is 2. The highest BCUT2D eigenvalue weighted by molar-refractivity contribution is 6.31. The van der Waals surface area contributed by atoms with Crippen molar-refractivity contribution in [2.45, 2.75) is 6.54 Å². The van der Waals surface area contributed by atoms with E-state index in [0.717, 1.165) is 16.5 Å². The fraction of sp³-hybridized carbons (Fsp3) is 0.150. The molecule has 1 heterocycles. The van der Waals surface area contributed by atoms with Crippen LogP contribution in [-0.4, -0.2) is 24.6 Å². The Kier molecular flexibility index (Phi) is 5.35. The molecule has 3 aromatic rings. The van der Waals surface area contributed by atoms with Gasteiger partial charge < -0.3 is 19.8 Å². The van der Waals surface area contributed by atoms with E-state index >= 15 is 0 Å². The van der Waals surface area contributed by atoms with Gasteiger partial charge in [0.2, 0.25) is 0 Å². The summed E-state index contributed by atoms with van der Waals surface area (Å²) in [7, 11) is 1.56. The third-order valence-corrected chi connectivity index (χ3v) is 4.06. The highest BCUT2D eigenvalue weighted by Crippen LogP contribution is 2.28. The zero-order chi connectivity index (χ0) is 18.5. The predicted octanol–water partition coefficient (Wildman–Crippen LogP) is 3.77. The summed E-state index contributed by atoms with van der Waals surface area (Å²) in [6.07, 6.45) is 5.23. The van der Waals surface area contributed by atoms with Crippen LogP contribution in [0.4, 0.5) is 0 Å². The molecule has 5 nitrogen and oxygen atoms in total. The van der Waals surface area contributed by atoms with Crippen molar-refractivity contribution in [1.82, 2.24) is 10.3 Å². The van der Waals surface area contributed by atoms with E-state index in [-0.39, 0.29) is 12.5 Å². The van der Waals surface area contributed by atoms with Crippen LogP contribution in [0, 0.1) is 12.3 Å². The molecule has 0 unspecified atom stereocenters. The number of amides is 1. The maximum absolute atomic E-state index is 12.4. The molecule has 3 rings (SSSR count). The number of halogens is 1. The van der Waals surface area contributed by atoms with E-state index in [1.807, 2.05) is 12.1 Å². The quantitative estimate of drug-likeness (QED) is 0.651. The standard InChI is InChI=1S/C20H17ClN2O3/c1-3-8-26-19-9-13(4-7-18(19)25-2)12-22-20(24)17-10-14-5-6-15(21)11-16(14)23-17/h1,4-7,9-11,23H,8,12H2,2H3,(H,22,24). The number of fused-ring (bicyclic) bond motifs is 1. The van der Waals surface area contributed by atoms with Gasteiger partial charge in [-0.15, -0.1) is 6.42 Å². The Hall–Kier alpha value is -3.10. The Morgan fingerprint density at radius 1 is 1.23 bits per heavy atom. The molecule has 6 heteroatoms. The molecule has 1 amide bonds. The fourth-order valence-corrected chi connectivity index (χ4v) is 2.73. The highest BCUT2D eigenvalue weighted by atomic mass is 35.5. The van der Waals surface area contributed by atoms with Gasteiger partial charge in [0.15, 0.2) is 11.5 Å². The molecule has 0 aliphatic carbocycles. The average Bonchev–Trinajstić information content (AvgIpc) is 3.07. The second-order valence-corrected chi connectivity index (χ2v) is 6.01. The Labute approximate surface area is 156 Å². The first-order chi connectivity index (χ1) is 12.6. The number of carbonyl (C=O) groups is 1. The van der Waals surface area contributed by atoms with Crippen LogP contribution in [0.1, 0.15) is 16.1 Å². The van der Waals surface area contributed by atoms with Crippen molar-refractivity contribution in [3.8, 4) is 23.8 Å². The number of hydrogen-bond acceptors (Lipinski definition) is 3. The smallest absolute Gasteiger partial charge is 0.267 e. The number of methoxy groups -OCH3 is 1. The third kappa shape index (κ3) is 3.93. The highest BCUT2D eigenvalue weighted by Gasteiger charge is 2.11. The van der Waals surface area contributed by atoms with Crippen molar-refractivity contribution in [3.05, 3.63) is 58.7 Å². The number of aromatic amines is 1. The lowest BCUT2D eigenvalue weighted by Crippen LogP contribution is -2.23. The number of ether oxygens (including phenoxy) is 2. The fourth-order valence-electron chi connectivity index (χ4n) is 2.56. The summed E-state index contributed by atoms with van der Waals surface area (Å²) in [5.41, 5.74) is 2.15. The Balaban J connectivity index is 1.71.